The van der Waals surface area contributed by atoms with Crippen LogP contribution in [0, 0.1) is 6.92 Å². The van der Waals surface area contributed by atoms with Gasteiger partial charge in [-0.05, 0) is 44.5 Å². The highest BCUT2D eigenvalue weighted by molar-refractivity contribution is 6.77. The van der Waals surface area contributed by atoms with Crippen molar-refractivity contribution in [3.05, 3.63) is 59.8 Å². The third-order valence-corrected chi connectivity index (χ3v) is 11.5. The lowest BCUT2D eigenvalue weighted by atomic mass is 10.2. The lowest BCUT2D eigenvalue weighted by molar-refractivity contribution is 0.0578. The Labute approximate surface area is 263 Å². The van der Waals surface area contributed by atoms with Crippen LogP contribution in [0.2, 0.25) is 24.7 Å². The number of nitrogens with zero attached hydrogens (tertiary/aromatic N) is 7. The molecular weight excluding hydrogens is 594 g/mol. The molecule has 1 fully saturated rings. The number of hydrogen-bond acceptors (Lipinski definition) is 8. The summed E-state index contributed by atoms with van der Waals surface area (Å²) >= 11 is 6.89. The van der Waals surface area contributed by atoms with Crippen LogP contribution in [0.15, 0.2) is 48.9 Å². The van der Waals surface area contributed by atoms with Crippen molar-refractivity contribution in [2.24, 2.45) is 0 Å². The van der Waals surface area contributed by atoms with Gasteiger partial charge in [0.1, 0.15) is 34.6 Å². The fourth-order valence-corrected chi connectivity index (χ4v) is 6.13. The van der Waals surface area contributed by atoms with Gasteiger partial charge >= 0.3 is 0 Å². The minimum atomic E-state index is -1.42. The molecule has 2 aromatic carbocycles. The first-order valence-corrected chi connectivity index (χ1v) is 19.0. The maximum absolute atomic E-state index is 6.89. The summed E-state index contributed by atoms with van der Waals surface area (Å²) in [6, 6.07) is 9.54. The summed E-state index contributed by atoms with van der Waals surface area (Å²) in [6.07, 6.45) is 6.98. The molecule has 0 amide bonds. The van der Waals surface area contributed by atoms with E-state index in [4.69, 9.17) is 35.8 Å². The summed E-state index contributed by atoms with van der Waals surface area (Å²) in [5.41, 5.74) is 4.91. The van der Waals surface area contributed by atoms with Crippen molar-refractivity contribution in [1.29, 1.82) is 0 Å². The SMILES string of the molecule is COC1CCN(CCn2cc(-c3cnc4ccc(Oc5ccc6nc(C)n(COC(C)[Si](C)(C)C)c6c5)c(Cl)c4n3)cn2)C1. The van der Waals surface area contributed by atoms with Crippen LogP contribution in [0.3, 0.4) is 0 Å². The molecule has 0 bridgehead atoms. The number of fused-ring (bicyclic) bond motifs is 2. The van der Waals surface area contributed by atoms with Gasteiger partial charge in [0, 0.05) is 50.3 Å². The molecule has 2 unspecified atom stereocenters. The third-order valence-electron chi connectivity index (χ3n) is 8.57. The molecule has 0 spiro atoms. The smallest absolute Gasteiger partial charge is 0.148 e. The number of methoxy groups -OCH3 is 1. The van der Waals surface area contributed by atoms with Crippen molar-refractivity contribution < 1.29 is 14.2 Å². The van der Waals surface area contributed by atoms with Crippen molar-refractivity contribution >= 4 is 41.7 Å². The van der Waals surface area contributed by atoms with Crippen molar-refractivity contribution in [2.75, 3.05) is 26.7 Å². The Bertz CT molecular complexity index is 1780. The lowest BCUT2D eigenvalue weighted by Gasteiger charge is -2.25. The molecule has 5 aromatic rings. The number of likely N-dealkylation sites (tertiary alicyclic amines) is 1. The molecule has 2 atom stereocenters. The van der Waals surface area contributed by atoms with Gasteiger partial charge in [0.2, 0.25) is 0 Å². The quantitative estimate of drug-likeness (QED) is 0.151. The second-order valence-corrected chi connectivity index (χ2v) is 18.5. The van der Waals surface area contributed by atoms with E-state index in [1.807, 2.05) is 54.3 Å². The molecule has 0 N–H and O–H groups in total. The van der Waals surface area contributed by atoms with Gasteiger partial charge in [0.15, 0.2) is 0 Å². The second kappa shape index (κ2) is 12.6. The Balaban J connectivity index is 1.20. The van der Waals surface area contributed by atoms with Crippen molar-refractivity contribution in [3.63, 3.8) is 0 Å². The molecular formula is C32H40ClN7O3Si. The van der Waals surface area contributed by atoms with Crippen LogP contribution < -0.4 is 4.74 Å². The van der Waals surface area contributed by atoms with E-state index in [-0.39, 0.29) is 5.73 Å². The van der Waals surface area contributed by atoms with Gasteiger partial charge in [-0.1, -0.05) is 31.2 Å². The molecule has 232 valence electrons. The van der Waals surface area contributed by atoms with E-state index in [0.717, 1.165) is 55.0 Å². The first-order chi connectivity index (χ1) is 21.1. The van der Waals surface area contributed by atoms with Gasteiger partial charge < -0.3 is 18.8 Å². The van der Waals surface area contributed by atoms with Crippen LogP contribution in [0.25, 0.3) is 33.3 Å². The van der Waals surface area contributed by atoms with Gasteiger partial charge in [0.25, 0.3) is 0 Å². The standard InChI is InChI=1S/C32H40ClN7O3Si/c1-21-36-26-8-7-24(15-29(26)40(21)20-42-22(2)44(4,5)6)43-30-10-9-27-32(31(30)33)37-28(17-34-27)23-16-35-39(18-23)14-13-38-12-11-25(19-38)41-3/h7-10,15-18,22,25H,11-14,19-20H2,1-6H3. The van der Waals surface area contributed by atoms with Crippen molar-refractivity contribution in [3.8, 4) is 22.8 Å². The van der Waals surface area contributed by atoms with Gasteiger partial charge in [-0.25, -0.2) is 9.97 Å². The minimum Gasteiger partial charge on any atom is -0.456 e. The largest absolute Gasteiger partial charge is 0.456 e. The molecule has 0 saturated carbocycles. The molecule has 1 aliphatic heterocycles. The fourth-order valence-electron chi connectivity index (χ4n) is 5.31. The highest BCUT2D eigenvalue weighted by Crippen LogP contribution is 2.36. The number of hydrogen-bond donors (Lipinski definition) is 0. The predicted octanol–water partition coefficient (Wildman–Crippen LogP) is 6.56. The summed E-state index contributed by atoms with van der Waals surface area (Å²) in [5.74, 6) is 2.05. The topological polar surface area (TPSA) is 92.3 Å². The highest BCUT2D eigenvalue weighted by atomic mass is 35.5. The Morgan fingerprint density at radius 3 is 2.66 bits per heavy atom. The number of halogens is 1. The third kappa shape index (κ3) is 6.52. The zero-order valence-electron chi connectivity index (χ0n) is 26.2. The molecule has 3 aromatic heterocycles. The normalized spacial score (nSPS) is 16.8. The van der Waals surface area contributed by atoms with Crippen molar-refractivity contribution in [1.82, 2.24) is 34.2 Å². The average molecular weight is 634 g/mol. The predicted molar refractivity (Wildman–Crippen MR) is 176 cm³/mol. The Morgan fingerprint density at radius 1 is 1.07 bits per heavy atom. The summed E-state index contributed by atoms with van der Waals surface area (Å²) in [5, 5.41) is 4.96. The van der Waals surface area contributed by atoms with E-state index in [2.05, 4.69) is 46.1 Å². The van der Waals surface area contributed by atoms with E-state index < -0.39 is 8.07 Å². The van der Waals surface area contributed by atoms with Crippen LogP contribution in [0.4, 0.5) is 0 Å². The van der Waals surface area contributed by atoms with Crippen LogP contribution >= 0.6 is 11.6 Å². The summed E-state index contributed by atoms with van der Waals surface area (Å²) < 4.78 is 22.1. The molecule has 44 heavy (non-hydrogen) atoms. The molecule has 10 nitrogen and oxygen atoms in total. The minimum absolute atomic E-state index is 0.217. The maximum atomic E-state index is 6.89. The van der Waals surface area contributed by atoms with Gasteiger partial charge in [-0.15, -0.1) is 0 Å². The number of ether oxygens (including phenoxy) is 3. The Kier molecular flexibility index (Phi) is 8.76. The molecule has 12 heteroatoms. The number of rotatable bonds is 11. The number of benzene rings is 2. The highest BCUT2D eigenvalue weighted by Gasteiger charge is 2.24. The first-order valence-electron chi connectivity index (χ1n) is 15.1. The summed E-state index contributed by atoms with van der Waals surface area (Å²) in [7, 11) is 0.358. The van der Waals surface area contributed by atoms with Crippen LogP contribution in [0.1, 0.15) is 19.2 Å². The fraction of sp³-hybridized carbons (Fsp3) is 0.438. The van der Waals surface area contributed by atoms with Crippen LogP contribution in [0.5, 0.6) is 11.5 Å². The summed E-state index contributed by atoms with van der Waals surface area (Å²) in [6.45, 7) is 15.3. The lowest BCUT2D eigenvalue weighted by Crippen LogP contribution is -2.38. The number of aromatic nitrogens is 6. The molecule has 1 saturated heterocycles. The van der Waals surface area contributed by atoms with Crippen LogP contribution in [-0.2, 0) is 22.7 Å². The Morgan fingerprint density at radius 2 is 1.89 bits per heavy atom. The van der Waals surface area contributed by atoms with Crippen LogP contribution in [-0.4, -0.2) is 80.8 Å². The molecule has 0 aliphatic carbocycles. The average Bonchev–Trinajstić information content (AvgIpc) is 3.74. The van der Waals surface area contributed by atoms with Gasteiger partial charge in [0.05, 0.1) is 55.4 Å². The molecule has 6 rings (SSSR count). The van der Waals surface area contributed by atoms with Gasteiger partial charge in [-0.2, -0.15) is 5.10 Å². The zero-order chi connectivity index (χ0) is 31.0. The molecule has 4 heterocycles. The second-order valence-electron chi connectivity index (χ2n) is 12.6. The van der Waals surface area contributed by atoms with E-state index in [1.54, 1.807) is 13.3 Å². The number of aryl methyl sites for hydroxylation is 1. The summed E-state index contributed by atoms with van der Waals surface area (Å²) in [4.78, 5) is 16.6. The van der Waals surface area contributed by atoms with Gasteiger partial charge in [-0.3, -0.25) is 14.6 Å². The van der Waals surface area contributed by atoms with E-state index in [9.17, 15) is 0 Å². The number of imidazole rings is 1. The molecule has 1 aliphatic rings. The van der Waals surface area contributed by atoms with E-state index in [0.29, 0.717) is 46.1 Å². The van der Waals surface area contributed by atoms with E-state index in [1.165, 1.54) is 0 Å². The maximum Gasteiger partial charge on any atom is 0.148 e. The first kappa shape index (κ1) is 30.7. The monoisotopic (exact) mass is 633 g/mol. The molecule has 0 radical (unpaired) electrons. The van der Waals surface area contributed by atoms with E-state index >= 15 is 0 Å². The Hall–Kier alpha value is -3.35. The van der Waals surface area contributed by atoms with Crippen molar-refractivity contribution in [2.45, 2.75) is 65.0 Å². The zero-order valence-corrected chi connectivity index (χ0v) is 28.0.